The summed E-state index contributed by atoms with van der Waals surface area (Å²) in [6.07, 6.45) is 1.81. The summed E-state index contributed by atoms with van der Waals surface area (Å²) < 4.78 is 5.24. The first-order valence-electron chi connectivity index (χ1n) is 6.14. The molecule has 0 radical (unpaired) electrons. The highest BCUT2D eigenvalue weighted by atomic mass is 35.5. The Morgan fingerprint density at radius 2 is 2.15 bits per heavy atom. The van der Waals surface area contributed by atoms with Gasteiger partial charge in [0.1, 0.15) is 5.75 Å². The average Bonchev–Trinajstić information content (AvgIpc) is 2.47. The van der Waals surface area contributed by atoms with E-state index in [9.17, 15) is 4.79 Å². The lowest BCUT2D eigenvalue weighted by molar-refractivity contribution is 0.0992. The fourth-order valence-electron chi connectivity index (χ4n) is 1.92. The predicted molar refractivity (Wildman–Crippen MR) is 78.2 cm³/mol. The van der Waals surface area contributed by atoms with E-state index in [1.54, 1.807) is 43.6 Å². The molecule has 0 amide bonds. The van der Waals surface area contributed by atoms with E-state index in [1.807, 2.05) is 0 Å². The summed E-state index contributed by atoms with van der Waals surface area (Å²) in [4.78, 5) is 16.4. The van der Waals surface area contributed by atoms with E-state index in [2.05, 4.69) is 4.98 Å². The number of Topliss-reactive ketones (excluding diaryl/α,β-unsaturated/α-hetero) is 1. The molecule has 0 fully saturated rings. The molecule has 104 valence electrons. The van der Waals surface area contributed by atoms with Gasteiger partial charge in [-0.25, -0.2) is 0 Å². The number of ketones is 1. The Kier molecular flexibility index (Phi) is 4.71. The summed E-state index contributed by atoms with van der Waals surface area (Å²) in [5.41, 5.74) is 7.56. The number of carbonyl (C=O) groups excluding carboxylic acids is 1. The van der Waals surface area contributed by atoms with Gasteiger partial charge >= 0.3 is 0 Å². The van der Waals surface area contributed by atoms with Crippen LogP contribution in [0.3, 0.4) is 0 Å². The van der Waals surface area contributed by atoms with Gasteiger partial charge in [-0.2, -0.15) is 0 Å². The van der Waals surface area contributed by atoms with Gasteiger partial charge in [0.2, 0.25) is 0 Å². The van der Waals surface area contributed by atoms with Gasteiger partial charge in [0.15, 0.2) is 5.78 Å². The van der Waals surface area contributed by atoms with Crippen molar-refractivity contribution in [1.82, 2.24) is 4.98 Å². The van der Waals surface area contributed by atoms with Gasteiger partial charge < -0.3 is 10.5 Å². The van der Waals surface area contributed by atoms with Crippen molar-refractivity contribution in [2.24, 2.45) is 5.73 Å². The molecule has 2 aromatic rings. The zero-order valence-corrected chi connectivity index (χ0v) is 11.9. The van der Waals surface area contributed by atoms with Crippen LogP contribution in [0.2, 0.25) is 5.02 Å². The molecule has 0 aliphatic carbocycles. The molecule has 1 aromatic heterocycles. The molecule has 0 saturated carbocycles. The second-order valence-electron chi connectivity index (χ2n) is 4.30. The average molecular weight is 291 g/mol. The first-order chi connectivity index (χ1) is 9.63. The number of ether oxygens (including phenoxy) is 1. The maximum absolute atomic E-state index is 12.3. The maximum atomic E-state index is 12.3. The van der Waals surface area contributed by atoms with Crippen LogP contribution in [-0.2, 0) is 13.0 Å². The SMILES string of the molecule is COc1ccc(Cl)cc1CC(=O)c1ccnc(CN)c1. The number of hydrogen-bond donors (Lipinski definition) is 1. The van der Waals surface area contributed by atoms with Crippen LogP contribution in [0, 0.1) is 0 Å². The predicted octanol–water partition coefficient (Wildman–Crippen LogP) is 2.63. The topological polar surface area (TPSA) is 65.2 Å². The lowest BCUT2D eigenvalue weighted by Crippen LogP contribution is -2.07. The van der Waals surface area contributed by atoms with Crippen molar-refractivity contribution in [3.05, 3.63) is 58.4 Å². The Morgan fingerprint density at radius 1 is 1.35 bits per heavy atom. The van der Waals surface area contributed by atoms with Crippen LogP contribution in [0.15, 0.2) is 36.5 Å². The van der Waals surface area contributed by atoms with Crippen molar-refractivity contribution < 1.29 is 9.53 Å². The fourth-order valence-corrected chi connectivity index (χ4v) is 2.12. The number of pyridine rings is 1. The Balaban J connectivity index is 2.25. The third kappa shape index (κ3) is 3.35. The Morgan fingerprint density at radius 3 is 2.85 bits per heavy atom. The van der Waals surface area contributed by atoms with Crippen LogP contribution in [0.1, 0.15) is 21.6 Å². The summed E-state index contributed by atoms with van der Waals surface area (Å²) >= 11 is 5.96. The maximum Gasteiger partial charge on any atom is 0.167 e. The third-order valence-electron chi connectivity index (χ3n) is 2.94. The van der Waals surface area contributed by atoms with Crippen LogP contribution in [0.4, 0.5) is 0 Å². The van der Waals surface area contributed by atoms with Gasteiger partial charge in [0.25, 0.3) is 0 Å². The molecule has 4 nitrogen and oxygen atoms in total. The number of halogens is 1. The van der Waals surface area contributed by atoms with E-state index < -0.39 is 0 Å². The quantitative estimate of drug-likeness (QED) is 0.860. The lowest BCUT2D eigenvalue weighted by atomic mass is 10.0. The molecule has 0 spiro atoms. The smallest absolute Gasteiger partial charge is 0.167 e. The number of aromatic nitrogens is 1. The third-order valence-corrected chi connectivity index (χ3v) is 3.18. The van der Waals surface area contributed by atoms with Crippen LogP contribution in [-0.4, -0.2) is 17.9 Å². The van der Waals surface area contributed by atoms with Crippen molar-refractivity contribution >= 4 is 17.4 Å². The standard InChI is InChI=1S/C15H15ClN2O2/c1-20-15-3-2-12(16)6-11(15)8-14(19)10-4-5-18-13(7-10)9-17/h2-7H,8-9,17H2,1H3. The summed E-state index contributed by atoms with van der Waals surface area (Å²) in [5.74, 6) is 0.624. The first kappa shape index (κ1) is 14.5. The van der Waals surface area contributed by atoms with Crippen molar-refractivity contribution in [3.8, 4) is 5.75 Å². The lowest BCUT2D eigenvalue weighted by Gasteiger charge is -2.08. The highest BCUT2D eigenvalue weighted by Gasteiger charge is 2.12. The molecule has 5 heteroatoms. The minimum atomic E-state index is -0.0253. The van der Waals surface area contributed by atoms with Gasteiger partial charge in [0.05, 0.1) is 12.8 Å². The molecule has 0 atom stereocenters. The highest BCUT2D eigenvalue weighted by molar-refractivity contribution is 6.30. The van der Waals surface area contributed by atoms with Gasteiger partial charge in [-0.1, -0.05) is 11.6 Å². The van der Waals surface area contributed by atoms with E-state index in [-0.39, 0.29) is 12.2 Å². The Labute approximate surface area is 122 Å². The van der Waals surface area contributed by atoms with Crippen LogP contribution in [0.25, 0.3) is 0 Å². The van der Waals surface area contributed by atoms with E-state index in [4.69, 9.17) is 22.1 Å². The zero-order chi connectivity index (χ0) is 14.5. The Hall–Kier alpha value is -1.91. The number of methoxy groups -OCH3 is 1. The molecular weight excluding hydrogens is 276 g/mol. The van der Waals surface area contributed by atoms with Crippen LogP contribution >= 0.6 is 11.6 Å². The second-order valence-corrected chi connectivity index (χ2v) is 4.73. The first-order valence-corrected chi connectivity index (χ1v) is 6.52. The molecule has 2 rings (SSSR count). The minimum absolute atomic E-state index is 0.0253. The molecule has 1 aromatic carbocycles. The van der Waals surface area contributed by atoms with Crippen molar-refractivity contribution in [2.45, 2.75) is 13.0 Å². The summed E-state index contributed by atoms with van der Waals surface area (Å²) in [5, 5.41) is 0.575. The largest absolute Gasteiger partial charge is 0.496 e. The molecule has 0 saturated heterocycles. The number of hydrogen-bond acceptors (Lipinski definition) is 4. The minimum Gasteiger partial charge on any atom is -0.496 e. The molecule has 20 heavy (non-hydrogen) atoms. The second kappa shape index (κ2) is 6.50. The molecule has 1 heterocycles. The van der Waals surface area contributed by atoms with Gasteiger partial charge in [-0.05, 0) is 30.3 Å². The van der Waals surface area contributed by atoms with Crippen molar-refractivity contribution in [3.63, 3.8) is 0 Å². The normalized spacial score (nSPS) is 10.3. The summed E-state index contributed by atoms with van der Waals surface area (Å²) in [6.45, 7) is 0.307. The fraction of sp³-hybridized carbons (Fsp3) is 0.200. The van der Waals surface area contributed by atoms with E-state index in [0.29, 0.717) is 28.6 Å². The van der Waals surface area contributed by atoms with Crippen LogP contribution < -0.4 is 10.5 Å². The number of benzene rings is 1. The van der Waals surface area contributed by atoms with Crippen molar-refractivity contribution in [2.75, 3.05) is 7.11 Å². The van der Waals surface area contributed by atoms with E-state index >= 15 is 0 Å². The molecular formula is C15H15ClN2O2. The molecule has 0 aliphatic rings. The van der Waals surface area contributed by atoms with Gasteiger partial charge in [-0.3, -0.25) is 9.78 Å². The number of nitrogens with zero attached hydrogens (tertiary/aromatic N) is 1. The van der Waals surface area contributed by atoms with Crippen LogP contribution in [0.5, 0.6) is 5.75 Å². The highest BCUT2D eigenvalue weighted by Crippen LogP contribution is 2.24. The Bertz CT molecular complexity index is 629. The van der Waals surface area contributed by atoms with E-state index in [1.165, 1.54) is 0 Å². The summed E-state index contributed by atoms with van der Waals surface area (Å²) in [7, 11) is 1.57. The summed E-state index contributed by atoms with van der Waals surface area (Å²) in [6, 6.07) is 8.61. The van der Waals surface area contributed by atoms with Crippen molar-refractivity contribution in [1.29, 1.82) is 0 Å². The van der Waals surface area contributed by atoms with E-state index in [0.717, 1.165) is 5.56 Å². The number of rotatable bonds is 5. The molecule has 2 N–H and O–H groups in total. The monoisotopic (exact) mass is 290 g/mol. The molecule has 0 bridgehead atoms. The van der Waals surface area contributed by atoms with Gasteiger partial charge in [-0.15, -0.1) is 0 Å². The molecule has 0 unspecified atom stereocenters. The molecule has 0 aliphatic heterocycles. The van der Waals surface area contributed by atoms with Gasteiger partial charge in [0, 0.05) is 35.3 Å². The number of carbonyl (C=O) groups is 1. The zero-order valence-electron chi connectivity index (χ0n) is 11.1. The number of nitrogens with two attached hydrogens (primary N) is 1.